The Morgan fingerprint density at radius 3 is 2.43 bits per heavy atom. The summed E-state index contributed by atoms with van der Waals surface area (Å²) in [5.41, 5.74) is 0. The van der Waals surface area contributed by atoms with Crippen molar-refractivity contribution in [2.24, 2.45) is 0 Å². The molecule has 0 radical (unpaired) electrons. The Hall–Kier alpha value is -1.32. The molecule has 0 amide bonds. The van der Waals surface area contributed by atoms with Crippen LogP contribution in [0, 0.1) is 36.0 Å². The van der Waals surface area contributed by atoms with Gasteiger partial charge in [0.15, 0.2) is 0 Å². The van der Waals surface area contributed by atoms with E-state index in [4.69, 9.17) is 6.42 Å². The van der Waals surface area contributed by atoms with Gasteiger partial charge in [0.1, 0.15) is 0 Å². The highest BCUT2D eigenvalue weighted by atomic mass is 13.5. The minimum absolute atomic E-state index is 0. The maximum Gasteiger partial charge on any atom is 0 e. The van der Waals surface area contributed by atoms with E-state index in [0.717, 1.165) is 0 Å². The molecule has 0 aromatic carbocycles. The molecule has 0 aliphatic carbocycles. The first-order chi connectivity index (χ1) is 3.41. The van der Waals surface area contributed by atoms with Gasteiger partial charge in [-0.05, 0) is 30.6 Å². The second-order valence-electron chi connectivity index (χ2n) is 0.769. The Labute approximate surface area is 45.4 Å². The van der Waals surface area contributed by atoms with Crippen molar-refractivity contribution < 1.29 is 1.43 Å². The van der Waals surface area contributed by atoms with Crippen molar-refractivity contribution in [3.05, 3.63) is 0 Å². The Morgan fingerprint density at radius 2 is 2.00 bits per heavy atom. The van der Waals surface area contributed by atoms with Crippen molar-refractivity contribution in [1.29, 1.82) is 0 Å². The van der Waals surface area contributed by atoms with Crippen molar-refractivity contribution >= 4 is 0 Å². The highest BCUT2D eigenvalue weighted by Gasteiger charge is 1.45. The molecule has 0 atom stereocenters. The van der Waals surface area contributed by atoms with Crippen LogP contribution >= 0.6 is 0 Å². The zero-order chi connectivity index (χ0) is 5.54. The number of hydrogen-bond acceptors (Lipinski definition) is 0. The Morgan fingerprint density at radius 1 is 1.29 bits per heavy atom. The third kappa shape index (κ3) is 4.68. The van der Waals surface area contributed by atoms with E-state index >= 15 is 0 Å². The molecular weight excluding hydrogens is 84.1 g/mol. The van der Waals surface area contributed by atoms with E-state index in [9.17, 15) is 0 Å². The van der Waals surface area contributed by atoms with E-state index in [-0.39, 0.29) is 1.43 Å². The van der Waals surface area contributed by atoms with E-state index < -0.39 is 0 Å². The van der Waals surface area contributed by atoms with Gasteiger partial charge < -0.3 is 0 Å². The Kier molecular flexibility index (Phi) is 3.80. The summed E-state index contributed by atoms with van der Waals surface area (Å²) in [7, 11) is 0. The SMILES string of the molecule is C#CC#CC#CC.[HH]. The molecule has 0 bridgehead atoms. The second-order valence-corrected chi connectivity index (χ2v) is 0.769. The van der Waals surface area contributed by atoms with Crippen LogP contribution in [-0.4, -0.2) is 0 Å². The summed E-state index contributed by atoms with van der Waals surface area (Å²) in [6.45, 7) is 1.71. The van der Waals surface area contributed by atoms with Crippen molar-refractivity contribution in [2.45, 2.75) is 6.92 Å². The predicted octanol–water partition coefficient (Wildman–Crippen LogP) is 0.892. The van der Waals surface area contributed by atoms with E-state index in [1.54, 1.807) is 6.92 Å². The highest BCUT2D eigenvalue weighted by molar-refractivity contribution is 5.33. The quantitative estimate of drug-likeness (QED) is 0.387. The molecule has 0 spiro atoms. The maximum absolute atomic E-state index is 4.78. The molecule has 0 nitrogen and oxygen atoms in total. The third-order valence-corrected chi connectivity index (χ3v) is 0.322. The van der Waals surface area contributed by atoms with Gasteiger partial charge in [-0.15, -0.1) is 6.42 Å². The first kappa shape index (κ1) is 5.68. The van der Waals surface area contributed by atoms with Crippen molar-refractivity contribution in [3.63, 3.8) is 0 Å². The van der Waals surface area contributed by atoms with Crippen LogP contribution in [0.3, 0.4) is 0 Å². The van der Waals surface area contributed by atoms with Crippen molar-refractivity contribution in [1.82, 2.24) is 0 Å². The second kappa shape index (κ2) is 4.68. The lowest BCUT2D eigenvalue weighted by Crippen LogP contribution is -1.46. The van der Waals surface area contributed by atoms with Crippen LogP contribution in [0.15, 0.2) is 0 Å². The summed E-state index contributed by atoms with van der Waals surface area (Å²) in [6.07, 6.45) is 4.78. The van der Waals surface area contributed by atoms with Crippen LogP contribution in [-0.2, 0) is 0 Å². The molecule has 34 valence electrons. The van der Waals surface area contributed by atoms with E-state index in [2.05, 4.69) is 29.6 Å². The molecule has 0 aliphatic rings. The molecule has 0 aromatic rings. The van der Waals surface area contributed by atoms with E-state index in [1.807, 2.05) is 0 Å². The van der Waals surface area contributed by atoms with Gasteiger partial charge in [-0.3, -0.25) is 0 Å². The predicted molar refractivity (Wildman–Crippen MR) is 32.2 cm³/mol. The summed E-state index contributed by atoms with van der Waals surface area (Å²) < 4.78 is 0. The summed E-state index contributed by atoms with van der Waals surface area (Å²) in [5, 5.41) is 0. The standard InChI is InChI=1S/C7H4.H2/c1-3-5-7-6-4-2;/h1H,2H3;1H. The summed E-state index contributed by atoms with van der Waals surface area (Å²) in [4.78, 5) is 0. The normalized spacial score (nSPS) is 3.43. The molecular formula is C7H6. The first-order valence-corrected chi connectivity index (χ1v) is 1.79. The monoisotopic (exact) mass is 90.0 g/mol. The van der Waals surface area contributed by atoms with Gasteiger partial charge in [-0.2, -0.15) is 0 Å². The van der Waals surface area contributed by atoms with Crippen molar-refractivity contribution in [3.8, 4) is 36.0 Å². The molecule has 0 saturated carbocycles. The van der Waals surface area contributed by atoms with Crippen LogP contribution in [0.5, 0.6) is 0 Å². The van der Waals surface area contributed by atoms with Crippen LogP contribution in [0.1, 0.15) is 8.35 Å². The minimum Gasteiger partial charge on any atom is -0.106 e. The van der Waals surface area contributed by atoms with Crippen molar-refractivity contribution in [2.75, 3.05) is 0 Å². The fraction of sp³-hybridized carbons (Fsp3) is 0.143. The molecule has 0 saturated heterocycles. The highest BCUT2D eigenvalue weighted by Crippen LogP contribution is 1.48. The van der Waals surface area contributed by atoms with Crippen LogP contribution in [0.2, 0.25) is 0 Å². The van der Waals surface area contributed by atoms with Gasteiger partial charge in [-0.25, -0.2) is 0 Å². The van der Waals surface area contributed by atoms with Crippen LogP contribution in [0.25, 0.3) is 0 Å². The molecule has 0 N–H and O–H groups in total. The van der Waals surface area contributed by atoms with E-state index in [1.165, 1.54) is 0 Å². The lowest BCUT2D eigenvalue weighted by Gasteiger charge is -1.49. The van der Waals surface area contributed by atoms with Gasteiger partial charge in [0, 0.05) is 1.43 Å². The van der Waals surface area contributed by atoms with Gasteiger partial charge in [-0.1, -0.05) is 5.92 Å². The van der Waals surface area contributed by atoms with Crippen LogP contribution in [0.4, 0.5) is 0 Å². The third-order valence-electron chi connectivity index (χ3n) is 0.322. The average Bonchev–Trinajstić information content (AvgIpc) is 1.69. The fourth-order valence-electron chi connectivity index (χ4n) is 0.130. The topological polar surface area (TPSA) is 0 Å². The molecule has 0 aromatic heterocycles. The number of terminal acetylenes is 1. The molecule has 0 aliphatic heterocycles. The van der Waals surface area contributed by atoms with E-state index in [0.29, 0.717) is 0 Å². The summed E-state index contributed by atoms with van der Waals surface area (Å²) in [6, 6.07) is 0. The van der Waals surface area contributed by atoms with Gasteiger partial charge >= 0.3 is 0 Å². The lowest BCUT2D eigenvalue weighted by atomic mass is 10.5. The van der Waals surface area contributed by atoms with Gasteiger partial charge in [0.2, 0.25) is 0 Å². The molecule has 0 heteroatoms. The zero-order valence-corrected chi connectivity index (χ0v) is 4.08. The van der Waals surface area contributed by atoms with Crippen LogP contribution < -0.4 is 0 Å². The smallest absolute Gasteiger partial charge is 0 e. The maximum atomic E-state index is 4.78. The van der Waals surface area contributed by atoms with Gasteiger partial charge in [0.05, 0.1) is 0 Å². The molecule has 7 heavy (non-hydrogen) atoms. The number of rotatable bonds is 0. The summed E-state index contributed by atoms with van der Waals surface area (Å²) >= 11 is 0. The molecule has 0 fully saturated rings. The number of hydrogen-bond donors (Lipinski definition) is 0. The molecule has 0 unspecified atom stereocenters. The van der Waals surface area contributed by atoms with Gasteiger partial charge in [0.25, 0.3) is 0 Å². The average molecular weight is 90.1 g/mol. The minimum atomic E-state index is 0. The molecule has 0 heterocycles. The summed E-state index contributed by atoms with van der Waals surface area (Å²) in [5.74, 6) is 12.0. The fourth-order valence-corrected chi connectivity index (χ4v) is 0.130. The molecule has 0 rings (SSSR count). The Balaban J connectivity index is 0. The lowest BCUT2D eigenvalue weighted by molar-refractivity contribution is 1.92. The largest absolute Gasteiger partial charge is 0.106 e. The Bertz CT molecular complexity index is 186. The first-order valence-electron chi connectivity index (χ1n) is 1.79. The zero-order valence-electron chi connectivity index (χ0n) is 4.08.